The van der Waals surface area contributed by atoms with Crippen LogP contribution in [0.3, 0.4) is 0 Å². The standard InChI is InChI=1S/C17H32N4O2.ClH/c1-20(2)17(23)21-10-8-14(9-11-21)16(22)19-15(12-18)13-6-4-3-5-7-13;/h13-15H,3-12,18H2,1-2H3,(H,19,22);1H. The highest BCUT2D eigenvalue weighted by atomic mass is 35.5. The van der Waals surface area contributed by atoms with Crippen molar-refractivity contribution >= 4 is 24.3 Å². The molecule has 1 atom stereocenters. The molecule has 0 aromatic rings. The number of halogens is 1. The first-order chi connectivity index (χ1) is 11.0. The summed E-state index contributed by atoms with van der Waals surface area (Å²) in [6.45, 7) is 1.84. The van der Waals surface area contributed by atoms with Gasteiger partial charge in [0.2, 0.25) is 5.91 Å². The fourth-order valence-corrected chi connectivity index (χ4v) is 3.82. The van der Waals surface area contributed by atoms with Gasteiger partial charge < -0.3 is 20.9 Å². The Kier molecular flexibility index (Phi) is 8.84. The Morgan fingerprint density at radius 1 is 1.12 bits per heavy atom. The third-order valence-corrected chi connectivity index (χ3v) is 5.32. The molecule has 2 fully saturated rings. The van der Waals surface area contributed by atoms with Crippen LogP contribution in [0.1, 0.15) is 44.9 Å². The molecule has 1 aliphatic heterocycles. The van der Waals surface area contributed by atoms with Gasteiger partial charge >= 0.3 is 6.03 Å². The first kappa shape index (κ1) is 21.0. The van der Waals surface area contributed by atoms with Gasteiger partial charge in [-0.25, -0.2) is 4.79 Å². The zero-order valence-corrected chi connectivity index (χ0v) is 15.8. The molecule has 3 N–H and O–H groups in total. The van der Waals surface area contributed by atoms with Gasteiger partial charge in [-0.3, -0.25) is 4.79 Å². The van der Waals surface area contributed by atoms with Crippen LogP contribution in [0.4, 0.5) is 4.79 Å². The molecule has 0 bridgehead atoms. The van der Waals surface area contributed by atoms with Crippen molar-refractivity contribution in [3.63, 3.8) is 0 Å². The maximum atomic E-state index is 12.5. The van der Waals surface area contributed by atoms with Crippen LogP contribution < -0.4 is 11.1 Å². The van der Waals surface area contributed by atoms with Crippen LogP contribution in [0.5, 0.6) is 0 Å². The molecule has 1 saturated carbocycles. The lowest BCUT2D eigenvalue weighted by Crippen LogP contribution is -2.51. The second kappa shape index (κ2) is 10.1. The van der Waals surface area contributed by atoms with Gasteiger partial charge in [-0.15, -0.1) is 12.4 Å². The summed E-state index contributed by atoms with van der Waals surface area (Å²) in [5.41, 5.74) is 5.90. The average Bonchev–Trinajstić information content (AvgIpc) is 2.59. The van der Waals surface area contributed by atoms with E-state index in [-0.39, 0.29) is 36.3 Å². The molecule has 1 unspecified atom stereocenters. The van der Waals surface area contributed by atoms with Crippen LogP contribution in [0, 0.1) is 11.8 Å². The lowest BCUT2D eigenvalue weighted by Gasteiger charge is -2.35. The minimum absolute atomic E-state index is 0. The molecule has 140 valence electrons. The second-order valence-electron chi connectivity index (χ2n) is 7.19. The molecule has 6 nitrogen and oxygen atoms in total. The van der Waals surface area contributed by atoms with Crippen LogP contribution in [-0.2, 0) is 4.79 Å². The molecule has 1 heterocycles. The van der Waals surface area contributed by atoms with Crippen LogP contribution >= 0.6 is 12.4 Å². The highest BCUT2D eigenvalue weighted by Gasteiger charge is 2.30. The molecule has 0 aromatic carbocycles. The van der Waals surface area contributed by atoms with E-state index in [0.717, 1.165) is 12.8 Å². The SMILES string of the molecule is CN(C)C(=O)N1CCC(C(=O)NC(CN)C2CCCCC2)CC1.Cl. The zero-order chi connectivity index (χ0) is 16.8. The topological polar surface area (TPSA) is 78.7 Å². The predicted molar refractivity (Wildman–Crippen MR) is 98.2 cm³/mol. The van der Waals surface area contributed by atoms with Gasteiger partial charge in [0, 0.05) is 45.7 Å². The molecular weight excluding hydrogens is 328 g/mol. The molecule has 0 spiro atoms. The van der Waals surface area contributed by atoms with Crippen molar-refractivity contribution in [1.82, 2.24) is 15.1 Å². The quantitative estimate of drug-likeness (QED) is 0.802. The molecular formula is C17H33ClN4O2. The Balaban J connectivity index is 0.00000288. The molecule has 2 rings (SSSR count). The van der Waals surface area contributed by atoms with Crippen LogP contribution in [0.15, 0.2) is 0 Å². The number of carbonyl (C=O) groups excluding carboxylic acids is 2. The predicted octanol–water partition coefficient (Wildman–Crippen LogP) is 1.83. The van der Waals surface area contributed by atoms with Gasteiger partial charge in [-0.2, -0.15) is 0 Å². The number of amides is 3. The molecule has 0 aromatic heterocycles. The molecule has 2 aliphatic rings. The smallest absolute Gasteiger partial charge is 0.319 e. The van der Waals surface area contributed by atoms with Gasteiger partial charge in [0.25, 0.3) is 0 Å². The van der Waals surface area contributed by atoms with Gasteiger partial charge in [-0.05, 0) is 31.6 Å². The third kappa shape index (κ3) is 5.52. The fraction of sp³-hybridized carbons (Fsp3) is 0.882. The number of nitrogens with zero attached hydrogens (tertiary/aromatic N) is 2. The van der Waals surface area contributed by atoms with Crippen LogP contribution in [-0.4, -0.2) is 61.5 Å². The van der Waals surface area contributed by atoms with E-state index in [1.807, 2.05) is 4.90 Å². The minimum atomic E-state index is 0. The summed E-state index contributed by atoms with van der Waals surface area (Å²) < 4.78 is 0. The summed E-state index contributed by atoms with van der Waals surface area (Å²) in [4.78, 5) is 27.9. The number of likely N-dealkylation sites (tertiary alicyclic amines) is 1. The lowest BCUT2D eigenvalue weighted by molar-refractivity contribution is -0.127. The van der Waals surface area contributed by atoms with Crippen molar-refractivity contribution in [1.29, 1.82) is 0 Å². The first-order valence-corrected chi connectivity index (χ1v) is 8.99. The van der Waals surface area contributed by atoms with E-state index < -0.39 is 0 Å². The fourth-order valence-electron chi connectivity index (χ4n) is 3.82. The maximum absolute atomic E-state index is 12.5. The average molecular weight is 361 g/mol. The monoisotopic (exact) mass is 360 g/mol. The van der Waals surface area contributed by atoms with E-state index in [1.165, 1.54) is 32.1 Å². The maximum Gasteiger partial charge on any atom is 0.319 e. The van der Waals surface area contributed by atoms with Crippen molar-refractivity contribution in [3.8, 4) is 0 Å². The van der Waals surface area contributed by atoms with E-state index in [9.17, 15) is 9.59 Å². The number of carbonyl (C=O) groups is 2. The summed E-state index contributed by atoms with van der Waals surface area (Å²) in [5, 5.41) is 3.20. The molecule has 1 saturated heterocycles. The Hall–Kier alpha value is -1.01. The Morgan fingerprint density at radius 3 is 2.21 bits per heavy atom. The first-order valence-electron chi connectivity index (χ1n) is 8.99. The normalized spacial score (nSPS) is 20.9. The van der Waals surface area contributed by atoms with Crippen molar-refractivity contribution < 1.29 is 9.59 Å². The van der Waals surface area contributed by atoms with E-state index >= 15 is 0 Å². The summed E-state index contributed by atoms with van der Waals surface area (Å²) in [6, 6.07) is 0.148. The molecule has 1 aliphatic carbocycles. The van der Waals surface area contributed by atoms with Gasteiger partial charge in [0.15, 0.2) is 0 Å². The minimum Gasteiger partial charge on any atom is -0.352 e. The summed E-state index contributed by atoms with van der Waals surface area (Å²) >= 11 is 0. The molecule has 24 heavy (non-hydrogen) atoms. The Labute approximate surface area is 151 Å². The van der Waals surface area contributed by atoms with E-state index in [1.54, 1.807) is 19.0 Å². The number of piperidine rings is 1. The van der Waals surface area contributed by atoms with Crippen molar-refractivity contribution in [3.05, 3.63) is 0 Å². The van der Waals surface area contributed by atoms with Crippen molar-refractivity contribution in [2.45, 2.75) is 51.0 Å². The summed E-state index contributed by atoms with van der Waals surface area (Å²) in [7, 11) is 3.52. The van der Waals surface area contributed by atoms with E-state index in [4.69, 9.17) is 5.73 Å². The van der Waals surface area contributed by atoms with E-state index in [2.05, 4.69) is 5.32 Å². The van der Waals surface area contributed by atoms with Gasteiger partial charge in [0.05, 0.1) is 0 Å². The summed E-state index contributed by atoms with van der Waals surface area (Å²) in [6.07, 6.45) is 7.65. The Morgan fingerprint density at radius 2 is 1.71 bits per heavy atom. The number of rotatable bonds is 4. The largest absolute Gasteiger partial charge is 0.352 e. The summed E-state index contributed by atoms with van der Waals surface area (Å²) in [5.74, 6) is 0.676. The highest BCUT2D eigenvalue weighted by molar-refractivity contribution is 5.85. The highest BCUT2D eigenvalue weighted by Crippen LogP contribution is 2.27. The van der Waals surface area contributed by atoms with Crippen molar-refractivity contribution in [2.75, 3.05) is 33.7 Å². The lowest BCUT2D eigenvalue weighted by atomic mass is 9.83. The molecule has 3 amide bonds. The second-order valence-corrected chi connectivity index (χ2v) is 7.19. The van der Waals surface area contributed by atoms with Crippen molar-refractivity contribution in [2.24, 2.45) is 17.6 Å². The number of nitrogens with one attached hydrogen (secondary N) is 1. The Bertz CT molecular complexity index is 405. The number of hydrogen-bond acceptors (Lipinski definition) is 3. The van der Waals surface area contributed by atoms with Crippen LogP contribution in [0.2, 0.25) is 0 Å². The number of nitrogens with two attached hydrogens (primary N) is 1. The zero-order valence-electron chi connectivity index (χ0n) is 15.0. The van der Waals surface area contributed by atoms with E-state index in [0.29, 0.717) is 25.6 Å². The van der Waals surface area contributed by atoms with Crippen LogP contribution in [0.25, 0.3) is 0 Å². The number of hydrogen-bond donors (Lipinski definition) is 2. The van der Waals surface area contributed by atoms with Gasteiger partial charge in [0.1, 0.15) is 0 Å². The third-order valence-electron chi connectivity index (χ3n) is 5.32. The number of urea groups is 1. The molecule has 7 heteroatoms. The molecule has 0 radical (unpaired) electrons. The van der Waals surface area contributed by atoms with Gasteiger partial charge in [-0.1, -0.05) is 19.3 Å².